The van der Waals surface area contributed by atoms with Crippen LogP contribution >= 0.6 is 0 Å². The number of halogens is 1. The molecule has 0 aliphatic carbocycles. The van der Waals surface area contributed by atoms with E-state index in [2.05, 4.69) is 60.0 Å². The van der Waals surface area contributed by atoms with E-state index in [9.17, 15) is 9.50 Å². The van der Waals surface area contributed by atoms with E-state index < -0.39 is 5.82 Å². The van der Waals surface area contributed by atoms with E-state index >= 15 is 0 Å². The van der Waals surface area contributed by atoms with E-state index in [1.165, 1.54) is 6.07 Å². The molecule has 3 heterocycles. The number of nitrogens with one attached hydrogen (secondary N) is 2. The normalized spacial score (nSPS) is 19.4. The molecule has 1 fully saturated rings. The van der Waals surface area contributed by atoms with E-state index in [1.54, 1.807) is 6.07 Å². The van der Waals surface area contributed by atoms with Crippen molar-refractivity contribution in [1.29, 1.82) is 0 Å². The van der Waals surface area contributed by atoms with Gasteiger partial charge in [-0.15, -0.1) is 0 Å². The molecule has 0 radical (unpaired) electrons. The van der Waals surface area contributed by atoms with Crippen molar-refractivity contribution >= 4 is 11.0 Å². The van der Waals surface area contributed by atoms with Crippen LogP contribution in [0.3, 0.4) is 0 Å². The largest absolute Gasteiger partial charge is 0.508 e. The topological polar surface area (TPSA) is 77.1 Å². The van der Waals surface area contributed by atoms with Crippen molar-refractivity contribution in [2.45, 2.75) is 59.2 Å². The standard InChI is InChI=1S/C24H32FN5O/c1-6-19-22-15(11-30-12-21(14(2)3)26-13-24(30,4)5)9-20(27-23(22)29-28-19)17-8-7-16(31)10-18(17)25/h7-10,14,21,26,31H,6,11-13H2,1-5H3,(H,27,28,29). The summed E-state index contributed by atoms with van der Waals surface area (Å²) in [5.74, 6) is -0.0536. The van der Waals surface area contributed by atoms with Crippen molar-refractivity contribution in [1.82, 2.24) is 25.4 Å². The van der Waals surface area contributed by atoms with Crippen LogP contribution in [0.5, 0.6) is 5.75 Å². The minimum atomic E-state index is -0.494. The Balaban J connectivity index is 1.80. The summed E-state index contributed by atoms with van der Waals surface area (Å²) in [6.45, 7) is 13.7. The zero-order chi connectivity index (χ0) is 22.3. The summed E-state index contributed by atoms with van der Waals surface area (Å²) in [5, 5.41) is 21.8. The van der Waals surface area contributed by atoms with E-state index in [0.717, 1.165) is 48.8 Å². The molecule has 0 spiro atoms. The molecule has 1 saturated heterocycles. The lowest BCUT2D eigenvalue weighted by atomic mass is 9.92. The molecule has 4 rings (SSSR count). The molecule has 1 aliphatic rings. The molecule has 3 N–H and O–H groups in total. The number of hydrogen-bond donors (Lipinski definition) is 3. The van der Waals surface area contributed by atoms with Crippen LogP contribution in [0.2, 0.25) is 0 Å². The van der Waals surface area contributed by atoms with Crippen LogP contribution in [0, 0.1) is 11.7 Å². The summed E-state index contributed by atoms with van der Waals surface area (Å²) in [7, 11) is 0. The Hall–Kier alpha value is -2.51. The van der Waals surface area contributed by atoms with Gasteiger partial charge < -0.3 is 10.4 Å². The molecular weight excluding hydrogens is 393 g/mol. The van der Waals surface area contributed by atoms with Crippen LogP contribution in [-0.2, 0) is 13.0 Å². The van der Waals surface area contributed by atoms with Crippen LogP contribution in [0.1, 0.15) is 45.9 Å². The van der Waals surface area contributed by atoms with E-state index in [-0.39, 0.29) is 11.3 Å². The minimum Gasteiger partial charge on any atom is -0.508 e. The average Bonchev–Trinajstić information content (AvgIpc) is 3.12. The van der Waals surface area contributed by atoms with Crippen molar-refractivity contribution < 1.29 is 9.50 Å². The molecule has 31 heavy (non-hydrogen) atoms. The maximum absolute atomic E-state index is 14.6. The summed E-state index contributed by atoms with van der Waals surface area (Å²) in [6.07, 6.45) is 0.817. The third-order valence-electron chi connectivity index (χ3n) is 6.50. The number of pyridine rings is 1. The summed E-state index contributed by atoms with van der Waals surface area (Å²) >= 11 is 0. The number of aromatic hydroxyl groups is 1. The van der Waals surface area contributed by atoms with Crippen molar-refractivity contribution in [2.24, 2.45) is 5.92 Å². The molecular formula is C24H32FN5O. The van der Waals surface area contributed by atoms with Crippen LogP contribution in [-0.4, -0.2) is 49.9 Å². The minimum absolute atomic E-state index is 0.0129. The zero-order valence-electron chi connectivity index (χ0n) is 19.0. The van der Waals surface area contributed by atoms with Crippen LogP contribution in [0.25, 0.3) is 22.3 Å². The number of aryl methyl sites for hydroxylation is 1. The smallest absolute Gasteiger partial charge is 0.182 e. The Kier molecular flexibility index (Phi) is 5.75. The molecule has 0 saturated carbocycles. The molecule has 6 nitrogen and oxygen atoms in total. The van der Waals surface area contributed by atoms with Crippen LogP contribution in [0.15, 0.2) is 24.3 Å². The summed E-state index contributed by atoms with van der Waals surface area (Å²) in [6, 6.07) is 6.58. The molecule has 7 heteroatoms. The molecule has 1 unspecified atom stereocenters. The van der Waals surface area contributed by atoms with Gasteiger partial charge in [-0.3, -0.25) is 10.00 Å². The van der Waals surface area contributed by atoms with Gasteiger partial charge in [0.15, 0.2) is 5.65 Å². The number of phenols is 1. The second-order valence-corrected chi connectivity index (χ2v) is 9.51. The number of rotatable bonds is 5. The van der Waals surface area contributed by atoms with Crippen LogP contribution in [0.4, 0.5) is 4.39 Å². The monoisotopic (exact) mass is 425 g/mol. The van der Waals surface area contributed by atoms with Gasteiger partial charge in [0.25, 0.3) is 0 Å². The van der Waals surface area contributed by atoms with Crippen molar-refractivity contribution in [2.75, 3.05) is 13.1 Å². The fourth-order valence-corrected chi connectivity index (χ4v) is 4.37. The molecule has 1 aromatic carbocycles. The first-order chi connectivity index (χ1) is 14.7. The molecule has 1 aliphatic heterocycles. The van der Waals surface area contributed by atoms with Crippen LogP contribution < -0.4 is 5.32 Å². The molecule has 0 bridgehead atoms. The first kappa shape index (κ1) is 21.7. The first-order valence-corrected chi connectivity index (χ1v) is 11.0. The van der Waals surface area contributed by atoms with Gasteiger partial charge in [-0.1, -0.05) is 20.8 Å². The Morgan fingerprint density at radius 2 is 2.06 bits per heavy atom. The lowest BCUT2D eigenvalue weighted by Crippen LogP contribution is -2.62. The van der Waals surface area contributed by atoms with Gasteiger partial charge in [0.05, 0.1) is 5.69 Å². The maximum atomic E-state index is 14.6. The average molecular weight is 426 g/mol. The number of benzene rings is 1. The van der Waals surface area contributed by atoms with Crippen molar-refractivity contribution in [3.8, 4) is 17.0 Å². The lowest BCUT2D eigenvalue weighted by Gasteiger charge is -2.47. The number of nitrogens with zero attached hydrogens (tertiary/aromatic N) is 3. The van der Waals surface area contributed by atoms with E-state index in [4.69, 9.17) is 0 Å². The highest BCUT2D eigenvalue weighted by molar-refractivity contribution is 5.85. The molecule has 0 amide bonds. The van der Waals surface area contributed by atoms with Crippen molar-refractivity contribution in [3.63, 3.8) is 0 Å². The Bertz CT molecular complexity index is 1090. The van der Waals surface area contributed by atoms with E-state index in [0.29, 0.717) is 28.9 Å². The third-order valence-corrected chi connectivity index (χ3v) is 6.50. The molecule has 166 valence electrons. The number of hydrogen-bond acceptors (Lipinski definition) is 5. The molecule has 2 aromatic heterocycles. The fraction of sp³-hybridized carbons (Fsp3) is 0.500. The highest BCUT2D eigenvalue weighted by atomic mass is 19.1. The first-order valence-electron chi connectivity index (χ1n) is 11.0. The lowest BCUT2D eigenvalue weighted by molar-refractivity contribution is 0.0478. The van der Waals surface area contributed by atoms with Gasteiger partial charge in [0.1, 0.15) is 11.6 Å². The number of piperazine rings is 1. The van der Waals surface area contributed by atoms with Gasteiger partial charge >= 0.3 is 0 Å². The second kappa shape index (κ2) is 8.20. The fourth-order valence-electron chi connectivity index (χ4n) is 4.37. The molecule has 3 aromatic rings. The maximum Gasteiger partial charge on any atom is 0.182 e. The number of phenolic OH excluding ortho intramolecular Hbond substituents is 1. The summed E-state index contributed by atoms with van der Waals surface area (Å²) < 4.78 is 14.6. The second-order valence-electron chi connectivity index (χ2n) is 9.51. The highest BCUT2D eigenvalue weighted by Crippen LogP contribution is 2.32. The Morgan fingerprint density at radius 1 is 1.29 bits per heavy atom. The van der Waals surface area contributed by atoms with E-state index in [1.807, 2.05) is 6.07 Å². The number of fused-ring (bicyclic) bond motifs is 1. The Labute approximate surface area is 182 Å². The van der Waals surface area contributed by atoms with Gasteiger partial charge in [-0.2, -0.15) is 5.10 Å². The number of H-pyrrole nitrogens is 1. The Morgan fingerprint density at radius 3 is 2.74 bits per heavy atom. The van der Waals surface area contributed by atoms with Gasteiger partial charge in [0, 0.05) is 53.9 Å². The number of aromatic nitrogens is 3. The highest BCUT2D eigenvalue weighted by Gasteiger charge is 2.35. The quantitative estimate of drug-likeness (QED) is 0.570. The zero-order valence-corrected chi connectivity index (χ0v) is 19.0. The summed E-state index contributed by atoms with van der Waals surface area (Å²) in [5.41, 5.74) is 3.62. The third kappa shape index (κ3) is 4.16. The van der Waals surface area contributed by atoms with Gasteiger partial charge in [-0.25, -0.2) is 9.37 Å². The molecule has 1 atom stereocenters. The van der Waals surface area contributed by atoms with Gasteiger partial charge in [-0.05, 0) is 49.9 Å². The predicted octanol–water partition coefficient (Wildman–Crippen LogP) is 4.24. The van der Waals surface area contributed by atoms with Crippen molar-refractivity contribution in [3.05, 3.63) is 41.3 Å². The predicted molar refractivity (Wildman–Crippen MR) is 121 cm³/mol. The van der Waals surface area contributed by atoms with Gasteiger partial charge in [0.2, 0.25) is 0 Å². The number of aromatic amines is 1. The SMILES string of the molecule is CCc1[nH]nc2nc(-c3ccc(O)cc3F)cc(CN3CC(C(C)C)NCC3(C)C)c12. The summed E-state index contributed by atoms with van der Waals surface area (Å²) in [4.78, 5) is 7.15.